The molecule has 0 bridgehead atoms. The van der Waals surface area contributed by atoms with E-state index in [-0.39, 0.29) is 5.56 Å². The minimum atomic E-state index is -0.0431. The number of aromatic nitrogens is 3. The minimum absolute atomic E-state index is 0.0431. The predicted octanol–water partition coefficient (Wildman–Crippen LogP) is 0.975. The van der Waals surface area contributed by atoms with E-state index in [0.29, 0.717) is 5.65 Å². The summed E-state index contributed by atoms with van der Waals surface area (Å²) in [5.41, 5.74) is 1.52. The second-order valence-electron chi connectivity index (χ2n) is 2.99. The average molecular weight is 177 g/mol. The van der Waals surface area contributed by atoms with E-state index in [1.54, 1.807) is 18.3 Å². The topological polar surface area (TPSA) is 50.2 Å². The molecular formula is C9H11N3O. The van der Waals surface area contributed by atoms with Crippen LogP contribution in [0, 0.1) is 0 Å². The number of rotatable bonds is 2. The van der Waals surface area contributed by atoms with E-state index in [1.807, 2.05) is 0 Å². The summed E-state index contributed by atoms with van der Waals surface area (Å²) in [7, 11) is 0. The molecule has 0 aromatic carbocycles. The quantitative estimate of drug-likeness (QED) is 0.743. The Bertz CT molecular complexity index is 469. The van der Waals surface area contributed by atoms with E-state index in [9.17, 15) is 4.79 Å². The third kappa shape index (κ3) is 1.35. The van der Waals surface area contributed by atoms with Gasteiger partial charge in [0.25, 0.3) is 5.56 Å². The highest BCUT2D eigenvalue weighted by Crippen LogP contribution is 1.99. The Hall–Kier alpha value is -1.58. The summed E-state index contributed by atoms with van der Waals surface area (Å²) in [6.45, 7) is 2.07. The highest BCUT2D eigenvalue weighted by atomic mass is 16.1. The van der Waals surface area contributed by atoms with Crippen molar-refractivity contribution in [3.8, 4) is 0 Å². The zero-order valence-corrected chi connectivity index (χ0v) is 7.45. The number of hydrogen-bond acceptors (Lipinski definition) is 2. The van der Waals surface area contributed by atoms with Gasteiger partial charge in [-0.1, -0.05) is 13.3 Å². The largest absolute Gasteiger partial charge is 0.297 e. The summed E-state index contributed by atoms with van der Waals surface area (Å²) in [6.07, 6.45) is 3.57. The fraction of sp³-hybridized carbons (Fsp3) is 0.333. The molecule has 0 atom stereocenters. The van der Waals surface area contributed by atoms with Gasteiger partial charge in [-0.2, -0.15) is 0 Å². The fourth-order valence-electron chi connectivity index (χ4n) is 1.36. The van der Waals surface area contributed by atoms with Gasteiger partial charge in [0.2, 0.25) is 0 Å². The molecule has 0 aliphatic rings. The Morgan fingerprint density at radius 2 is 2.46 bits per heavy atom. The number of aromatic amines is 1. The van der Waals surface area contributed by atoms with Crippen LogP contribution < -0.4 is 5.56 Å². The van der Waals surface area contributed by atoms with Gasteiger partial charge >= 0.3 is 0 Å². The van der Waals surface area contributed by atoms with Gasteiger partial charge in [-0.25, -0.2) is 9.50 Å². The predicted molar refractivity (Wildman–Crippen MR) is 49.8 cm³/mol. The van der Waals surface area contributed by atoms with Crippen LogP contribution in [0.15, 0.2) is 23.1 Å². The molecule has 0 amide bonds. The van der Waals surface area contributed by atoms with Gasteiger partial charge in [-0.05, 0) is 6.42 Å². The maximum atomic E-state index is 11.4. The molecule has 2 heterocycles. The van der Waals surface area contributed by atoms with Gasteiger partial charge in [0.05, 0.1) is 0 Å². The lowest BCUT2D eigenvalue weighted by atomic mass is 10.2. The molecule has 68 valence electrons. The standard InChI is InChI=1S/C9H11N3O/c1-2-3-7-6-9(13)12-8(11-7)4-5-10-12/h4-6,10H,2-3H2,1H3. The minimum Gasteiger partial charge on any atom is -0.297 e. The molecule has 4 nitrogen and oxygen atoms in total. The number of nitrogens with one attached hydrogen (secondary N) is 1. The number of fused-ring (bicyclic) bond motifs is 1. The van der Waals surface area contributed by atoms with Crippen molar-refractivity contribution in [2.75, 3.05) is 0 Å². The van der Waals surface area contributed by atoms with Gasteiger partial charge in [-0.15, -0.1) is 0 Å². The van der Waals surface area contributed by atoms with Gasteiger partial charge in [0, 0.05) is 24.0 Å². The first kappa shape index (κ1) is 8.04. The van der Waals surface area contributed by atoms with Crippen LogP contribution in [0.3, 0.4) is 0 Å². The molecule has 1 N–H and O–H groups in total. The molecule has 4 heteroatoms. The van der Waals surface area contributed by atoms with Crippen LogP contribution in [0.5, 0.6) is 0 Å². The van der Waals surface area contributed by atoms with Gasteiger partial charge in [-0.3, -0.25) is 9.89 Å². The van der Waals surface area contributed by atoms with E-state index in [1.165, 1.54) is 4.52 Å². The lowest BCUT2D eigenvalue weighted by Crippen LogP contribution is -2.15. The highest BCUT2D eigenvalue weighted by molar-refractivity contribution is 5.36. The molecule has 2 aromatic heterocycles. The Morgan fingerprint density at radius 3 is 3.23 bits per heavy atom. The molecule has 0 saturated heterocycles. The van der Waals surface area contributed by atoms with E-state index >= 15 is 0 Å². The van der Waals surface area contributed by atoms with Crippen LogP contribution in [0.1, 0.15) is 19.0 Å². The maximum absolute atomic E-state index is 11.4. The molecule has 0 aliphatic carbocycles. The average Bonchev–Trinajstić information content (AvgIpc) is 2.53. The highest BCUT2D eigenvalue weighted by Gasteiger charge is 2.00. The lowest BCUT2D eigenvalue weighted by Gasteiger charge is -1.97. The van der Waals surface area contributed by atoms with E-state index in [2.05, 4.69) is 17.0 Å². The Balaban J connectivity index is 2.63. The number of nitrogens with zero attached hydrogens (tertiary/aromatic N) is 2. The van der Waals surface area contributed by atoms with E-state index < -0.39 is 0 Å². The van der Waals surface area contributed by atoms with Crippen LogP contribution in [0.25, 0.3) is 5.65 Å². The van der Waals surface area contributed by atoms with Crippen LogP contribution in [0.2, 0.25) is 0 Å². The number of hydrogen-bond donors (Lipinski definition) is 1. The third-order valence-electron chi connectivity index (χ3n) is 1.94. The molecule has 0 radical (unpaired) electrons. The Labute approximate surface area is 75.2 Å². The van der Waals surface area contributed by atoms with Crippen molar-refractivity contribution in [2.24, 2.45) is 0 Å². The number of aryl methyl sites for hydroxylation is 1. The summed E-state index contributed by atoms with van der Waals surface area (Å²) in [4.78, 5) is 15.7. The van der Waals surface area contributed by atoms with Crippen molar-refractivity contribution in [3.05, 3.63) is 34.4 Å². The second kappa shape index (κ2) is 3.05. The zero-order chi connectivity index (χ0) is 9.26. The SMILES string of the molecule is CCCc1cc(=O)n2[nH]ccc2n1. The lowest BCUT2D eigenvalue weighted by molar-refractivity contribution is 0.839. The molecule has 0 fully saturated rings. The van der Waals surface area contributed by atoms with Crippen LogP contribution in [-0.2, 0) is 6.42 Å². The van der Waals surface area contributed by atoms with Crippen molar-refractivity contribution in [1.82, 2.24) is 14.6 Å². The zero-order valence-electron chi connectivity index (χ0n) is 7.45. The summed E-state index contributed by atoms with van der Waals surface area (Å²) in [6, 6.07) is 3.37. The van der Waals surface area contributed by atoms with E-state index in [4.69, 9.17) is 0 Å². The molecule has 0 aliphatic heterocycles. The summed E-state index contributed by atoms with van der Waals surface area (Å²) in [5.74, 6) is 0. The number of H-pyrrole nitrogens is 1. The smallest absolute Gasteiger partial charge is 0.272 e. The molecule has 0 unspecified atom stereocenters. The van der Waals surface area contributed by atoms with Crippen LogP contribution in [-0.4, -0.2) is 14.6 Å². The van der Waals surface area contributed by atoms with Crippen molar-refractivity contribution in [1.29, 1.82) is 0 Å². The van der Waals surface area contributed by atoms with Crippen molar-refractivity contribution < 1.29 is 0 Å². The summed E-state index contributed by atoms with van der Waals surface area (Å²) < 4.78 is 1.43. The van der Waals surface area contributed by atoms with Crippen LogP contribution >= 0.6 is 0 Å². The maximum Gasteiger partial charge on any atom is 0.272 e. The molecule has 0 spiro atoms. The van der Waals surface area contributed by atoms with Gasteiger partial charge in [0.15, 0.2) is 5.65 Å². The fourth-order valence-corrected chi connectivity index (χ4v) is 1.36. The normalized spacial score (nSPS) is 10.8. The third-order valence-corrected chi connectivity index (χ3v) is 1.94. The van der Waals surface area contributed by atoms with Crippen LogP contribution in [0.4, 0.5) is 0 Å². The molecule has 0 saturated carbocycles. The van der Waals surface area contributed by atoms with Crippen molar-refractivity contribution in [3.63, 3.8) is 0 Å². The summed E-state index contributed by atoms with van der Waals surface area (Å²) in [5, 5.41) is 2.80. The molecular weight excluding hydrogens is 166 g/mol. The van der Waals surface area contributed by atoms with Crippen molar-refractivity contribution in [2.45, 2.75) is 19.8 Å². The first-order chi connectivity index (χ1) is 6.31. The van der Waals surface area contributed by atoms with E-state index in [0.717, 1.165) is 18.5 Å². The van der Waals surface area contributed by atoms with Crippen molar-refractivity contribution >= 4 is 5.65 Å². The Kier molecular flexibility index (Phi) is 1.88. The Morgan fingerprint density at radius 1 is 1.62 bits per heavy atom. The molecule has 13 heavy (non-hydrogen) atoms. The first-order valence-electron chi connectivity index (χ1n) is 4.37. The molecule has 2 rings (SSSR count). The van der Waals surface area contributed by atoms with Gasteiger partial charge in [0.1, 0.15) is 0 Å². The first-order valence-corrected chi connectivity index (χ1v) is 4.37. The second-order valence-corrected chi connectivity index (χ2v) is 2.99. The monoisotopic (exact) mass is 177 g/mol. The summed E-state index contributed by atoms with van der Waals surface area (Å²) >= 11 is 0. The van der Waals surface area contributed by atoms with Gasteiger partial charge < -0.3 is 0 Å². The molecule has 2 aromatic rings.